The summed E-state index contributed by atoms with van der Waals surface area (Å²) in [5, 5.41) is 3.38. The Balaban J connectivity index is 1.76. The third kappa shape index (κ3) is 2.56. The summed E-state index contributed by atoms with van der Waals surface area (Å²) >= 11 is 0. The smallest absolute Gasteiger partial charge is 0.385 e. The lowest BCUT2D eigenvalue weighted by molar-refractivity contribution is -0.0638. The first-order valence-electron chi connectivity index (χ1n) is 8.60. The quantitative estimate of drug-likeness (QED) is 0.592. The maximum Gasteiger partial charge on any atom is 0.523 e. The van der Waals surface area contributed by atoms with E-state index in [0.717, 1.165) is 49.1 Å². The molecule has 0 aromatic heterocycles. The fraction of sp³-hybridized carbons (Fsp3) is 0.647. The van der Waals surface area contributed by atoms with Gasteiger partial charge in [0.1, 0.15) is 0 Å². The number of hydrogen-bond acceptors (Lipinski definition) is 4. The van der Waals surface area contributed by atoms with Crippen molar-refractivity contribution >= 4 is 10.1 Å². The van der Waals surface area contributed by atoms with Crippen LogP contribution in [0.5, 0.6) is 0 Å². The van der Waals surface area contributed by atoms with E-state index in [1.165, 1.54) is 0 Å². The second-order valence-electron chi connectivity index (χ2n) is 7.23. The molecular weight excluding hydrogens is 355 g/mol. The molecule has 8 heteroatoms. The Morgan fingerprint density at radius 2 is 2.08 bits per heavy atom. The van der Waals surface area contributed by atoms with Gasteiger partial charge in [-0.05, 0) is 50.2 Å². The molecule has 0 radical (unpaired) electrons. The van der Waals surface area contributed by atoms with Crippen LogP contribution >= 0.6 is 0 Å². The normalized spacial score (nSPS) is 34.8. The van der Waals surface area contributed by atoms with Crippen molar-refractivity contribution in [2.75, 3.05) is 6.54 Å². The van der Waals surface area contributed by atoms with Gasteiger partial charge in [0.05, 0.1) is 6.10 Å². The molecule has 1 heterocycles. The molecule has 25 heavy (non-hydrogen) atoms. The van der Waals surface area contributed by atoms with Crippen LogP contribution in [0.15, 0.2) is 35.1 Å². The van der Waals surface area contributed by atoms with E-state index in [-0.39, 0.29) is 11.3 Å². The molecule has 4 nitrogen and oxygen atoms in total. The summed E-state index contributed by atoms with van der Waals surface area (Å²) in [6.07, 6.45) is 9.36. The highest BCUT2D eigenvalue weighted by Crippen LogP contribution is 2.58. The maximum atomic E-state index is 12.8. The molecule has 2 bridgehead atoms. The van der Waals surface area contributed by atoms with Crippen molar-refractivity contribution in [1.29, 1.82) is 0 Å². The Bertz CT molecular complexity index is 781. The summed E-state index contributed by atoms with van der Waals surface area (Å²) in [7, 11) is -5.59. The van der Waals surface area contributed by atoms with E-state index in [0.29, 0.717) is 12.8 Å². The molecule has 0 spiro atoms. The molecule has 1 saturated carbocycles. The zero-order valence-corrected chi connectivity index (χ0v) is 14.4. The molecule has 4 rings (SSSR count). The van der Waals surface area contributed by atoms with Gasteiger partial charge in [-0.3, -0.25) is 4.18 Å². The largest absolute Gasteiger partial charge is 0.523 e. The number of rotatable bonds is 2. The Hall–Kier alpha value is -1.28. The van der Waals surface area contributed by atoms with E-state index in [4.69, 9.17) is 4.18 Å². The molecular formula is C17H20F3NO3S. The highest BCUT2D eigenvalue weighted by Gasteiger charge is 2.56. The molecule has 0 amide bonds. The average Bonchev–Trinajstić information content (AvgIpc) is 2.53. The molecule has 3 unspecified atom stereocenters. The molecule has 0 saturated heterocycles. The average molecular weight is 375 g/mol. The fourth-order valence-electron chi connectivity index (χ4n) is 5.03. The van der Waals surface area contributed by atoms with Crippen LogP contribution in [0.2, 0.25) is 0 Å². The summed E-state index contributed by atoms with van der Waals surface area (Å²) in [6.45, 7) is 0.742. The third-order valence-corrected chi connectivity index (χ3v) is 7.01. The maximum absolute atomic E-state index is 12.8. The van der Waals surface area contributed by atoms with Crippen LogP contribution in [-0.2, 0) is 14.3 Å². The van der Waals surface area contributed by atoms with Crippen molar-refractivity contribution in [2.24, 2.45) is 11.3 Å². The van der Waals surface area contributed by atoms with Gasteiger partial charge in [0.15, 0.2) is 0 Å². The summed E-state index contributed by atoms with van der Waals surface area (Å²) in [4.78, 5) is 0. The number of fused-ring (bicyclic) bond motifs is 1. The van der Waals surface area contributed by atoms with Crippen molar-refractivity contribution < 1.29 is 25.8 Å². The Labute approximate surface area is 144 Å². The first-order chi connectivity index (χ1) is 11.7. The molecule has 1 N–H and O–H groups in total. The zero-order chi connectivity index (χ0) is 17.9. The number of alkyl halides is 3. The van der Waals surface area contributed by atoms with Gasteiger partial charge in [-0.25, -0.2) is 0 Å². The Kier molecular flexibility index (Phi) is 3.85. The van der Waals surface area contributed by atoms with E-state index >= 15 is 0 Å². The van der Waals surface area contributed by atoms with Gasteiger partial charge >= 0.3 is 15.6 Å². The van der Waals surface area contributed by atoms with Crippen LogP contribution in [0.25, 0.3) is 0 Å². The summed E-state index contributed by atoms with van der Waals surface area (Å²) in [5.41, 5.74) is -2.54. The lowest BCUT2D eigenvalue weighted by atomic mass is 9.53. The Morgan fingerprint density at radius 3 is 2.84 bits per heavy atom. The zero-order valence-electron chi connectivity index (χ0n) is 13.6. The van der Waals surface area contributed by atoms with Gasteiger partial charge in [-0.1, -0.05) is 17.7 Å². The lowest BCUT2D eigenvalue weighted by Crippen LogP contribution is -2.52. The summed E-state index contributed by atoms with van der Waals surface area (Å²) < 4.78 is 66.5. The highest BCUT2D eigenvalue weighted by atomic mass is 32.2. The van der Waals surface area contributed by atoms with Crippen molar-refractivity contribution in [2.45, 2.75) is 50.1 Å². The topological polar surface area (TPSA) is 55.4 Å². The molecule has 138 valence electrons. The van der Waals surface area contributed by atoms with Crippen molar-refractivity contribution in [1.82, 2.24) is 5.32 Å². The van der Waals surface area contributed by atoms with Gasteiger partial charge in [0, 0.05) is 23.6 Å². The highest BCUT2D eigenvalue weighted by molar-refractivity contribution is 7.87. The summed E-state index contributed by atoms with van der Waals surface area (Å²) in [5.74, 6) is -0.302. The van der Waals surface area contributed by atoms with Crippen LogP contribution in [0.1, 0.15) is 38.5 Å². The number of halogens is 3. The molecule has 3 atom stereocenters. The van der Waals surface area contributed by atoms with Gasteiger partial charge in [0.25, 0.3) is 0 Å². The van der Waals surface area contributed by atoms with Gasteiger partial charge in [-0.2, -0.15) is 21.6 Å². The predicted octanol–water partition coefficient (Wildman–Crippen LogP) is 3.55. The minimum atomic E-state index is -5.59. The number of allylic oxidation sites excluding steroid dienone is 4. The van der Waals surface area contributed by atoms with Gasteiger partial charge in [-0.15, -0.1) is 0 Å². The number of nitrogens with one attached hydrogen (secondary N) is 1. The predicted molar refractivity (Wildman–Crippen MR) is 85.7 cm³/mol. The number of hydrogen-bond donors (Lipinski definition) is 1. The van der Waals surface area contributed by atoms with Crippen LogP contribution in [-0.4, -0.2) is 26.6 Å². The second kappa shape index (κ2) is 5.61. The van der Waals surface area contributed by atoms with Crippen LogP contribution in [0, 0.1) is 11.3 Å². The minimum Gasteiger partial charge on any atom is -0.385 e. The van der Waals surface area contributed by atoms with Gasteiger partial charge < -0.3 is 5.32 Å². The van der Waals surface area contributed by atoms with Crippen molar-refractivity contribution in [3.05, 3.63) is 35.1 Å². The molecule has 3 aliphatic carbocycles. The summed E-state index contributed by atoms with van der Waals surface area (Å²) in [6, 6.07) is 0. The SMILES string of the molecule is O=S(=O)(OC1CCCC2=CC3=C4C=CCCC4(CCN3)C21)C(F)(F)F. The molecule has 0 aromatic carbocycles. The van der Waals surface area contributed by atoms with Gasteiger partial charge in [0.2, 0.25) is 0 Å². The van der Waals surface area contributed by atoms with Crippen molar-refractivity contribution in [3.63, 3.8) is 0 Å². The van der Waals surface area contributed by atoms with E-state index < -0.39 is 21.7 Å². The molecule has 1 fully saturated rings. The van der Waals surface area contributed by atoms with E-state index in [9.17, 15) is 21.6 Å². The third-order valence-electron chi connectivity index (χ3n) is 5.94. The second-order valence-corrected chi connectivity index (χ2v) is 8.79. The Morgan fingerprint density at radius 1 is 1.28 bits per heavy atom. The monoisotopic (exact) mass is 375 g/mol. The minimum absolute atomic E-state index is 0.302. The lowest BCUT2D eigenvalue weighted by Gasteiger charge is -2.54. The van der Waals surface area contributed by atoms with E-state index in [1.807, 2.05) is 12.2 Å². The molecule has 0 aromatic rings. The van der Waals surface area contributed by atoms with Crippen molar-refractivity contribution in [3.8, 4) is 0 Å². The standard InChI is InChI=1S/C17H20F3NO3S/c18-17(19,20)25(22,23)24-14-6-3-4-11-10-13-12-5-1-2-7-16(12,15(11)14)8-9-21-13/h1,5,10,14-15,21H,2-4,6-9H2. The first kappa shape index (κ1) is 17.1. The molecule has 4 aliphatic rings. The van der Waals surface area contributed by atoms with Crippen LogP contribution in [0.4, 0.5) is 13.2 Å². The first-order valence-corrected chi connectivity index (χ1v) is 10.0. The van der Waals surface area contributed by atoms with E-state index in [1.54, 1.807) is 0 Å². The molecule has 1 aliphatic heterocycles. The van der Waals surface area contributed by atoms with E-state index in [2.05, 4.69) is 11.4 Å². The fourth-order valence-corrected chi connectivity index (χ4v) is 5.67. The van der Waals surface area contributed by atoms with Crippen LogP contribution in [0.3, 0.4) is 0 Å². The van der Waals surface area contributed by atoms with Crippen LogP contribution < -0.4 is 5.32 Å².